The Labute approximate surface area is 165 Å². The van der Waals surface area contributed by atoms with E-state index in [0.717, 1.165) is 34.7 Å². The van der Waals surface area contributed by atoms with E-state index in [1.54, 1.807) is 11.1 Å². The highest BCUT2D eigenvalue weighted by Crippen LogP contribution is 2.34. The minimum absolute atomic E-state index is 0.204. The molecule has 0 amide bonds. The van der Waals surface area contributed by atoms with Crippen LogP contribution >= 0.6 is 0 Å². The van der Waals surface area contributed by atoms with Gasteiger partial charge in [-0.15, -0.1) is 0 Å². The number of nitrogens with zero attached hydrogens (tertiary/aromatic N) is 3. The minimum atomic E-state index is -4.34. The molecule has 0 spiro atoms. The van der Waals surface area contributed by atoms with Crippen molar-refractivity contribution in [3.63, 3.8) is 0 Å². The molecule has 1 saturated heterocycles. The van der Waals surface area contributed by atoms with Crippen molar-refractivity contribution in [3.8, 4) is 0 Å². The monoisotopic (exact) mass is 405 g/mol. The Balaban J connectivity index is 1.40. The van der Waals surface area contributed by atoms with Gasteiger partial charge >= 0.3 is 6.18 Å². The molecule has 1 unspecified atom stereocenters. The van der Waals surface area contributed by atoms with Gasteiger partial charge in [0.05, 0.1) is 30.5 Å². The number of fused-ring (bicyclic) bond motifs is 2. The number of nitrogens with one attached hydrogen (secondary N) is 2. The number of anilines is 1. The summed E-state index contributed by atoms with van der Waals surface area (Å²) >= 11 is 0. The van der Waals surface area contributed by atoms with Gasteiger partial charge in [-0.3, -0.25) is 4.90 Å². The van der Waals surface area contributed by atoms with Crippen LogP contribution in [0.25, 0.3) is 0 Å². The van der Waals surface area contributed by atoms with Crippen molar-refractivity contribution in [2.24, 2.45) is 0 Å². The van der Waals surface area contributed by atoms with Crippen molar-refractivity contribution >= 4 is 5.69 Å². The molecule has 9 heteroatoms. The highest BCUT2D eigenvalue weighted by Gasteiger charge is 2.33. The molecule has 1 fully saturated rings. The normalized spacial score (nSPS) is 23.7. The number of piperazine rings is 1. The fraction of sp³-hybridized carbons (Fsp3) is 0.300. The highest BCUT2D eigenvalue weighted by molar-refractivity contribution is 5.54. The second kappa shape index (κ2) is 6.55. The van der Waals surface area contributed by atoms with Gasteiger partial charge in [-0.25, -0.2) is 5.43 Å². The van der Waals surface area contributed by atoms with E-state index >= 15 is 0 Å². The first-order valence-corrected chi connectivity index (χ1v) is 9.36. The second-order valence-electron chi connectivity index (χ2n) is 7.31. The molecule has 1 aromatic carbocycles. The lowest BCUT2D eigenvalue weighted by Gasteiger charge is -2.37. The molecule has 5 nitrogen and oxygen atoms in total. The molecule has 0 radical (unpaired) electrons. The quantitative estimate of drug-likeness (QED) is 0.584. The van der Waals surface area contributed by atoms with E-state index in [4.69, 9.17) is 0 Å². The number of hydrazine groups is 1. The van der Waals surface area contributed by atoms with Gasteiger partial charge in [0, 0.05) is 25.0 Å². The van der Waals surface area contributed by atoms with E-state index < -0.39 is 11.7 Å². The molecule has 1 atom stereocenters. The van der Waals surface area contributed by atoms with Gasteiger partial charge < -0.3 is 15.2 Å². The van der Waals surface area contributed by atoms with E-state index in [-0.39, 0.29) is 12.1 Å². The number of halogens is 4. The zero-order valence-electron chi connectivity index (χ0n) is 15.4. The van der Waals surface area contributed by atoms with Crippen molar-refractivity contribution in [2.45, 2.75) is 12.3 Å². The third-order valence-corrected chi connectivity index (χ3v) is 5.62. The fourth-order valence-electron chi connectivity index (χ4n) is 4.06. The summed E-state index contributed by atoms with van der Waals surface area (Å²) < 4.78 is 52.5. The van der Waals surface area contributed by atoms with Crippen LogP contribution in [-0.4, -0.2) is 42.3 Å². The first-order chi connectivity index (χ1) is 13.9. The van der Waals surface area contributed by atoms with Crippen molar-refractivity contribution in [3.05, 3.63) is 77.2 Å². The van der Waals surface area contributed by atoms with Gasteiger partial charge in [0.15, 0.2) is 0 Å². The molecule has 152 valence electrons. The third kappa shape index (κ3) is 3.15. The zero-order chi connectivity index (χ0) is 20.2. The van der Waals surface area contributed by atoms with Gasteiger partial charge in [-0.05, 0) is 41.5 Å². The van der Waals surface area contributed by atoms with Crippen molar-refractivity contribution < 1.29 is 17.6 Å². The number of hydrogen-bond donors (Lipinski definition) is 2. The molecule has 29 heavy (non-hydrogen) atoms. The molecule has 5 rings (SSSR count). The molecule has 0 aliphatic carbocycles. The zero-order valence-corrected chi connectivity index (χ0v) is 15.4. The lowest BCUT2D eigenvalue weighted by molar-refractivity contribution is -0.137. The van der Waals surface area contributed by atoms with Crippen LogP contribution in [0.3, 0.4) is 0 Å². The average Bonchev–Trinajstić information content (AvgIpc) is 3.30. The number of allylic oxidation sites excluding steroid dienone is 1. The number of alkyl halides is 3. The van der Waals surface area contributed by atoms with Crippen LogP contribution in [0.1, 0.15) is 5.56 Å². The minimum Gasteiger partial charge on any atom is -0.364 e. The molecule has 0 saturated carbocycles. The maximum absolute atomic E-state index is 14.0. The Morgan fingerprint density at radius 3 is 2.62 bits per heavy atom. The maximum atomic E-state index is 14.0. The van der Waals surface area contributed by atoms with Gasteiger partial charge in [0.2, 0.25) is 5.95 Å². The van der Waals surface area contributed by atoms with E-state index in [9.17, 15) is 17.6 Å². The van der Waals surface area contributed by atoms with Crippen LogP contribution in [0, 0.1) is 0 Å². The predicted molar refractivity (Wildman–Crippen MR) is 101 cm³/mol. The third-order valence-electron chi connectivity index (χ3n) is 5.62. The number of hydrogen-bond acceptors (Lipinski definition) is 5. The summed E-state index contributed by atoms with van der Waals surface area (Å²) in [5.41, 5.74) is 6.49. The summed E-state index contributed by atoms with van der Waals surface area (Å²) in [6.07, 6.45) is 2.48. The SMILES string of the molecule is FC1=CNC2C=CC(C3=C4CN(c5ccc(C(F)(F)F)cc5)CCN4NC3)=CN12. The highest BCUT2D eigenvalue weighted by atomic mass is 19.4. The Hall–Kier alpha value is -2.94. The lowest BCUT2D eigenvalue weighted by Crippen LogP contribution is -2.47. The predicted octanol–water partition coefficient (Wildman–Crippen LogP) is 3.05. The molecule has 4 aliphatic heterocycles. The van der Waals surface area contributed by atoms with Crippen LogP contribution in [0.4, 0.5) is 23.2 Å². The van der Waals surface area contributed by atoms with Gasteiger partial charge in [-0.1, -0.05) is 6.08 Å². The summed E-state index contributed by atoms with van der Waals surface area (Å²) in [5.74, 6) is -0.333. The van der Waals surface area contributed by atoms with E-state index in [1.165, 1.54) is 18.3 Å². The molecular formula is C20H19F4N5. The van der Waals surface area contributed by atoms with Crippen molar-refractivity contribution in [2.75, 3.05) is 31.1 Å². The maximum Gasteiger partial charge on any atom is 0.416 e. The first-order valence-electron chi connectivity index (χ1n) is 9.36. The van der Waals surface area contributed by atoms with Crippen molar-refractivity contribution in [1.29, 1.82) is 0 Å². The van der Waals surface area contributed by atoms with Crippen LogP contribution in [0.2, 0.25) is 0 Å². The molecule has 0 bridgehead atoms. The summed E-state index contributed by atoms with van der Waals surface area (Å²) in [7, 11) is 0. The summed E-state index contributed by atoms with van der Waals surface area (Å²) in [6, 6.07) is 5.26. The number of benzene rings is 1. The summed E-state index contributed by atoms with van der Waals surface area (Å²) in [5, 5.41) is 5.02. The fourth-order valence-corrected chi connectivity index (χ4v) is 4.06. The molecule has 4 heterocycles. The standard InChI is InChI=1S/C20H19F4N5/c21-18-10-25-19-6-1-13(11-28(18)19)16-9-26-29-8-7-27(12-17(16)29)15-4-2-14(3-5-15)20(22,23)24/h1-6,10-11,19,25-26H,7-9,12H2. The smallest absolute Gasteiger partial charge is 0.364 e. The van der Waals surface area contributed by atoms with Gasteiger partial charge in [0.25, 0.3) is 0 Å². The molecule has 4 aliphatic rings. The molecule has 1 aromatic rings. The van der Waals surface area contributed by atoms with Crippen LogP contribution in [-0.2, 0) is 6.18 Å². The van der Waals surface area contributed by atoms with E-state index in [0.29, 0.717) is 26.2 Å². The van der Waals surface area contributed by atoms with E-state index in [1.807, 2.05) is 12.2 Å². The summed E-state index contributed by atoms with van der Waals surface area (Å²) in [6.45, 7) is 2.60. The van der Waals surface area contributed by atoms with Crippen LogP contribution in [0.5, 0.6) is 0 Å². The lowest BCUT2D eigenvalue weighted by atomic mass is 10.0. The van der Waals surface area contributed by atoms with Crippen LogP contribution < -0.4 is 15.6 Å². The second-order valence-corrected chi connectivity index (χ2v) is 7.31. The Kier molecular flexibility index (Phi) is 4.09. The Morgan fingerprint density at radius 1 is 1.07 bits per heavy atom. The first kappa shape index (κ1) is 18.1. The topological polar surface area (TPSA) is 33.8 Å². The van der Waals surface area contributed by atoms with Gasteiger partial charge in [0.1, 0.15) is 6.17 Å². The summed E-state index contributed by atoms with van der Waals surface area (Å²) in [4.78, 5) is 3.61. The molecular weight excluding hydrogens is 386 g/mol. The Morgan fingerprint density at radius 2 is 1.86 bits per heavy atom. The van der Waals surface area contributed by atoms with Crippen LogP contribution in [0.15, 0.2) is 71.6 Å². The molecule has 0 aromatic heterocycles. The van der Waals surface area contributed by atoms with Gasteiger partial charge in [-0.2, -0.15) is 17.6 Å². The molecule has 2 N–H and O–H groups in total. The van der Waals surface area contributed by atoms with E-state index in [2.05, 4.69) is 20.7 Å². The Bertz CT molecular complexity index is 945. The number of rotatable bonds is 2. The van der Waals surface area contributed by atoms with Crippen molar-refractivity contribution in [1.82, 2.24) is 20.7 Å². The largest absolute Gasteiger partial charge is 0.416 e. The average molecular weight is 405 g/mol.